The summed E-state index contributed by atoms with van der Waals surface area (Å²) in [7, 11) is 0. The maximum atomic E-state index is 12.6. The van der Waals surface area contributed by atoms with Gasteiger partial charge in [-0.1, -0.05) is 5.75 Å². The van der Waals surface area contributed by atoms with E-state index in [1.54, 1.807) is 0 Å². The van der Waals surface area contributed by atoms with Crippen molar-refractivity contribution in [2.45, 2.75) is 37.1 Å². The predicted octanol–water partition coefficient (Wildman–Crippen LogP) is -1.89. The van der Waals surface area contributed by atoms with Crippen LogP contribution in [-0.2, 0) is 19.1 Å². The molecule has 3 aromatic rings. The van der Waals surface area contributed by atoms with Gasteiger partial charge in [-0.15, -0.1) is 0 Å². The Morgan fingerprint density at radius 3 is 2.38 bits per heavy atom. The van der Waals surface area contributed by atoms with Gasteiger partial charge < -0.3 is 54.1 Å². The number of ether oxygens (including phenoxy) is 3. The highest BCUT2D eigenvalue weighted by Crippen LogP contribution is 2.32. The molecule has 1 aromatic heterocycles. The minimum absolute atomic E-state index is 0.00488. The van der Waals surface area contributed by atoms with Crippen LogP contribution in [0.3, 0.4) is 0 Å². The molecular formula is C24H20O13-2. The zero-order valence-electron chi connectivity index (χ0n) is 18.8. The van der Waals surface area contributed by atoms with Crippen LogP contribution in [0.1, 0.15) is 6.42 Å². The number of benzene rings is 2. The average Bonchev–Trinajstić information content (AvgIpc) is 2.83. The highest BCUT2D eigenvalue weighted by atomic mass is 16.7. The van der Waals surface area contributed by atoms with Gasteiger partial charge in [0.05, 0.1) is 17.8 Å². The number of aromatic hydroxyl groups is 1. The number of aliphatic hydroxyl groups is 3. The first-order valence-electron chi connectivity index (χ1n) is 10.8. The first-order valence-corrected chi connectivity index (χ1v) is 10.8. The highest BCUT2D eigenvalue weighted by Gasteiger charge is 2.45. The monoisotopic (exact) mass is 516 g/mol. The Balaban J connectivity index is 1.58. The van der Waals surface area contributed by atoms with Gasteiger partial charge in [0.1, 0.15) is 53.9 Å². The van der Waals surface area contributed by atoms with Gasteiger partial charge >= 0.3 is 5.97 Å². The van der Waals surface area contributed by atoms with Gasteiger partial charge in [0.25, 0.3) is 0 Å². The number of carbonyl (C=O) groups is 2. The third kappa shape index (κ3) is 5.65. The molecule has 2 heterocycles. The van der Waals surface area contributed by atoms with Crippen LogP contribution in [-0.4, -0.2) is 69.7 Å². The lowest BCUT2D eigenvalue weighted by molar-refractivity contribution is -0.305. The molecule has 1 saturated heterocycles. The normalized spacial score (nSPS) is 23.5. The minimum Gasteiger partial charge on any atom is -0.872 e. The van der Waals surface area contributed by atoms with Crippen LogP contribution in [0.25, 0.3) is 22.3 Å². The number of aliphatic hydroxyl groups excluding tert-OH is 3. The van der Waals surface area contributed by atoms with E-state index in [0.29, 0.717) is 5.56 Å². The largest absolute Gasteiger partial charge is 0.872 e. The van der Waals surface area contributed by atoms with Gasteiger partial charge in [-0.05, 0) is 30.3 Å². The fraction of sp³-hybridized carbons (Fsp3) is 0.292. The summed E-state index contributed by atoms with van der Waals surface area (Å²) in [5.74, 6) is -3.76. The number of hydrogen-bond acceptors (Lipinski definition) is 13. The van der Waals surface area contributed by atoms with Gasteiger partial charge in [-0.25, -0.2) is 0 Å². The van der Waals surface area contributed by atoms with Gasteiger partial charge in [0.2, 0.25) is 6.29 Å². The van der Waals surface area contributed by atoms with E-state index in [9.17, 15) is 45.0 Å². The molecule has 0 unspecified atom stereocenters. The second-order valence-corrected chi connectivity index (χ2v) is 8.18. The topological polar surface area (TPSA) is 219 Å². The first-order chi connectivity index (χ1) is 17.5. The smallest absolute Gasteiger partial charge is 0.311 e. The molecule has 4 N–H and O–H groups in total. The van der Waals surface area contributed by atoms with E-state index < -0.39 is 66.9 Å². The number of rotatable bonds is 7. The summed E-state index contributed by atoms with van der Waals surface area (Å²) in [5, 5.41) is 62.9. The van der Waals surface area contributed by atoms with E-state index in [-0.39, 0.29) is 28.2 Å². The van der Waals surface area contributed by atoms with Crippen LogP contribution in [0, 0.1) is 0 Å². The number of carboxylic acid groups (broad SMARTS) is 1. The Bertz CT molecular complexity index is 1360. The fourth-order valence-electron chi connectivity index (χ4n) is 3.69. The Hall–Kier alpha value is -4.17. The number of hydrogen-bond donors (Lipinski definition) is 4. The van der Waals surface area contributed by atoms with Crippen LogP contribution in [0.15, 0.2) is 51.7 Å². The summed E-state index contributed by atoms with van der Waals surface area (Å²) in [6.07, 6.45) is -9.52. The lowest BCUT2D eigenvalue weighted by Crippen LogP contribution is -2.60. The fourth-order valence-corrected chi connectivity index (χ4v) is 3.69. The quantitative estimate of drug-likeness (QED) is 0.200. The van der Waals surface area contributed by atoms with Crippen LogP contribution in [0.4, 0.5) is 0 Å². The van der Waals surface area contributed by atoms with Crippen molar-refractivity contribution in [2.24, 2.45) is 0 Å². The van der Waals surface area contributed by atoms with Crippen LogP contribution in [0.2, 0.25) is 0 Å². The van der Waals surface area contributed by atoms with E-state index in [2.05, 4.69) is 4.74 Å². The lowest BCUT2D eigenvalue weighted by Gasteiger charge is -2.40. The summed E-state index contributed by atoms with van der Waals surface area (Å²) >= 11 is 0. The molecule has 13 nitrogen and oxygen atoms in total. The molecule has 0 saturated carbocycles. The zero-order chi connectivity index (χ0) is 26.9. The number of carbonyl (C=O) groups excluding carboxylic acids is 2. The summed E-state index contributed by atoms with van der Waals surface area (Å²) in [5.41, 5.74) is -0.349. The molecule has 1 aliphatic rings. The highest BCUT2D eigenvalue weighted by molar-refractivity contribution is 5.89. The minimum atomic E-state index is -1.82. The molecule has 196 valence electrons. The lowest BCUT2D eigenvalue weighted by atomic mass is 9.99. The van der Waals surface area contributed by atoms with E-state index in [1.807, 2.05) is 0 Å². The molecule has 0 radical (unpaired) electrons. The molecule has 13 heteroatoms. The number of aliphatic carboxylic acids is 1. The van der Waals surface area contributed by atoms with Gasteiger partial charge in [-0.3, -0.25) is 9.59 Å². The van der Waals surface area contributed by atoms with E-state index >= 15 is 0 Å². The maximum absolute atomic E-state index is 12.6. The third-order valence-electron chi connectivity index (χ3n) is 5.54. The predicted molar refractivity (Wildman–Crippen MR) is 117 cm³/mol. The Labute approximate surface area is 207 Å². The van der Waals surface area contributed by atoms with Crippen molar-refractivity contribution in [2.75, 3.05) is 6.61 Å². The molecule has 0 spiro atoms. The standard InChI is InChI=1S/C24H22O13/c25-11-3-1-10(2-4-11)15-7-14(27)20-13(26)5-12(6-16(20)36-15)35-24-23(33)22(32)21(31)17(37-24)9-34-19(30)8-18(28)29/h1-7,17,21-26,31-33H,8-9H2,(H,28,29)/p-2/t17-,21-,22+,23-,24-/m1/s1. The van der Waals surface area contributed by atoms with Gasteiger partial charge in [0.15, 0.2) is 5.43 Å². The van der Waals surface area contributed by atoms with Crippen molar-refractivity contribution >= 4 is 22.9 Å². The summed E-state index contributed by atoms with van der Waals surface area (Å²) in [6.45, 7) is -0.688. The van der Waals surface area contributed by atoms with Crippen molar-refractivity contribution in [1.82, 2.24) is 0 Å². The number of phenols is 1. The van der Waals surface area contributed by atoms with Crippen LogP contribution in [0.5, 0.6) is 17.2 Å². The summed E-state index contributed by atoms with van der Waals surface area (Å²) in [4.78, 5) is 34.5. The molecule has 37 heavy (non-hydrogen) atoms. The molecule has 5 atom stereocenters. The van der Waals surface area contributed by atoms with Crippen molar-refractivity contribution in [3.8, 4) is 28.6 Å². The van der Waals surface area contributed by atoms with Gasteiger partial charge in [-0.2, -0.15) is 0 Å². The van der Waals surface area contributed by atoms with Crippen molar-refractivity contribution in [3.63, 3.8) is 0 Å². The van der Waals surface area contributed by atoms with Gasteiger partial charge in [0, 0.05) is 17.7 Å². The van der Waals surface area contributed by atoms with E-state index in [1.165, 1.54) is 30.3 Å². The Morgan fingerprint density at radius 1 is 1.00 bits per heavy atom. The molecule has 0 amide bonds. The Morgan fingerprint density at radius 2 is 1.70 bits per heavy atom. The summed E-state index contributed by atoms with van der Waals surface area (Å²) < 4.78 is 21.3. The second kappa shape index (κ2) is 10.4. The molecule has 4 rings (SSSR count). The molecule has 0 aliphatic carbocycles. The van der Waals surface area contributed by atoms with Crippen molar-refractivity contribution in [1.29, 1.82) is 0 Å². The number of carboxylic acids is 1. The van der Waals surface area contributed by atoms with Crippen molar-refractivity contribution in [3.05, 3.63) is 52.7 Å². The first kappa shape index (κ1) is 25.9. The number of esters is 1. The zero-order valence-corrected chi connectivity index (χ0v) is 18.8. The van der Waals surface area contributed by atoms with Crippen molar-refractivity contribution < 1.29 is 58.9 Å². The average molecular weight is 516 g/mol. The van der Waals surface area contributed by atoms with Crippen LogP contribution >= 0.6 is 0 Å². The SMILES string of the molecule is O=C([O-])CC(=O)OC[C@H]1O[C@@H](Oc2cc([O-])c3c(=O)cc(-c4ccc(O)cc4)oc3c2)[C@H](O)[C@@H](O)[C@@H]1O. The summed E-state index contributed by atoms with van der Waals surface area (Å²) in [6, 6.07) is 8.99. The second-order valence-electron chi connectivity index (χ2n) is 8.18. The molecule has 2 aromatic carbocycles. The molecule has 1 fully saturated rings. The third-order valence-corrected chi connectivity index (χ3v) is 5.54. The number of fused-ring (bicyclic) bond motifs is 1. The molecule has 0 bridgehead atoms. The number of phenolic OH excluding ortho intramolecular Hbond substituents is 1. The van der Waals surface area contributed by atoms with E-state index in [0.717, 1.165) is 12.1 Å². The molecular weight excluding hydrogens is 496 g/mol. The van der Waals surface area contributed by atoms with Crippen LogP contribution < -0.4 is 20.4 Å². The Kier molecular flexibility index (Phi) is 7.31. The van der Waals surface area contributed by atoms with E-state index in [4.69, 9.17) is 13.9 Å². The molecule has 1 aliphatic heterocycles. The maximum Gasteiger partial charge on any atom is 0.311 e.